The zero-order valence-corrected chi connectivity index (χ0v) is 11.6. The Kier molecular flexibility index (Phi) is 7.28. The van der Waals surface area contributed by atoms with Crippen LogP contribution in [0.15, 0.2) is 0 Å². The van der Waals surface area contributed by atoms with Crippen LogP contribution in [0.5, 0.6) is 0 Å². The second-order valence-electron chi connectivity index (χ2n) is 5.31. The number of hydrogen-bond donors (Lipinski definition) is 3. The minimum atomic E-state index is -0.177. The minimum absolute atomic E-state index is 0.177. The van der Waals surface area contributed by atoms with E-state index in [0.29, 0.717) is 0 Å². The number of piperidine rings is 1. The molecule has 1 heterocycles. The molecule has 18 heavy (non-hydrogen) atoms. The molecule has 0 radical (unpaired) electrons. The Bertz CT molecular complexity index is 238. The number of rotatable bonds is 8. The highest BCUT2D eigenvalue weighted by Crippen LogP contribution is 2.30. The van der Waals surface area contributed by atoms with Crippen LogP contribution in [0.3, 0.4) is 0 Å². The third-order valence-electron chi connectivity index (χ3n) is 4.00. The van der Waals surface area contributed by atoms with Crippen LogP contribution >= 0.6 is 0 Å². The summed E-state index contributed by atoms with van der Waals surface area (Å²) in [5.74, 6) is 0.222. The van der Waals surface area contributed by atoms with Gasteiger partial charge in [0.2, 0.25) is 5.91 Å². The zero-order valence-electron chi connectivity index (χ0n) is 11.6. The van der Waals surface area contributed by atoms with Crippen LogP contribution in [-0.4, -0.2) is 37.3 Å². The Morgan fingerprint density at radius 3 is 2.72 bits per heavy atom. The molecule has 1 aliphatic rings. The van der Waals surface area contributed by atoms with Crippen molar-refractivity contribution in [3.8, 4) is 0 Å². The van der Waals surface area contributed by atoms with Gasteiger partial charge < -0.3 is 15.7 Å². The van der Waals surface area contributed by atoms with Crippen molar-refractivity contribution in [1.29, 1.82) is 0 Å². The summed E-state index contributed by atoms with van der Waals surface area (Å²) in [7, 11) is 0. The third kappa shape index (κ3) is 4.58. The van der Waals surface area contributed by atoms with Gasteiger partial charge in [0, 0.05) is 19.7 Å². The Labute approximate surface area is 111 Å². The van der Waals surface area contributed by atoms with Crippen LogP contribution in [0.2, 0.25) is 0 Å². The molecule has 3 N–H and O–H groups in total. The van der Waals surface area contributed by atoms with E-state index in [1.54, 1.807) is 0 Å². The van der Waals surface area contributed by atoms with Crippen LogP contribution < -0.4 is 10.6 Å². The lowest BCUT2D eigenvalue weighted by molar-refractivity contribution is -0.132. The molecule has 1 fully saturated rings. The maximum atomic E-state index is 12.2. The van der Waals surface area contributed by atoms with Crippen molar-refractivity contribution in [2.75, 3.05) is 26.2 Å². The summed E-state index contributed by atoms with van der Waals surface area (Å²) in [6, 6.07) is 0. The SMILES string of the molecule is CCC1(C(=O)NCCCCCCO)CCCNC1. The summed E-state index contributed by atoms with van der Waals surface area (Å²) >= 11 is 0. The van der Waals surface area contributed by atoms with Crippen LogP contribution in [0, 0.1) is 5.41 Å². The molecule has 4 heteroatoms. The van der Waals surface area contributed by atoms with Crippen molar-refractivity contribution in [2.24, 2.45) is 5.41 Å². The van der Waals surface area contributed by atoms with E-state index in [0.717, 1.165) is 64.6 Å². The van der Waals surface area contributed by atoms with Crippen molar-refractivity contribution in [3.63, 3.8) is 0 Å². The van der Waals surface area contributed by atoms with Crippen molar-refractivity contribution >= 4 is 5.91 Å². The highest BCUT2D eigenvalue weighted by Gasteiger charge is 2.37. The molecule has 1 saturated heterocycles. The minimum Gasteiger partial charge on any atom is -0.396 e. The van der Waals surface area contributed by atoms with E-state index in [1.807, 2.05) is 0 Å². The lowest BCUT2D eigenvalue weighted by Crippen LogP contribution is -2.50. The lowest BCUT2D eigenvalue weighted by Gasteiger charge is -2.35. The third-order valence-corrected chi connectivity index (χ3v) is 4.00. The summed E-state index contributed by atoms with van der Waals surface area (Å²) in [5.41, 5.74) is -0.177. The van der Waals surface area contributed by atoms with E-state index >= 15 is 0 Å². The van der Waals surface area contributed by atoms with Gasteiger partial charge in [-0.1, -0.05) is 19.8 Å². The highest BCUT2D eigenvalue weighted by molar-refractivity contribution is 5.82. The summed E-state index contributed by atoms with van der Waals surface area (Å²) in [6.07, 6.45) is 7.03. The molecule has 4 nitrogen and oxygen atoms in total. The van der Waals surface area contributed by atoms with E-state index < -0.39 is 0 Å². The fraction of sp³-hybridized carbons (Fsp3) is 0.929. The van der Waals surface area contributed by atoms with Gasteiger partial charge in [-0.3, -0.25) is 4.79 Å². The summed E-state index contributed by atoms with van der Waals surface area (Å²) in [4.78, 5) is 12.2. The summed E-state index contributed by atoms with van der Waals surface area (Å²) < 4.78 is 0. The van der Waals surface area contributed by atoms with E-state index in [4.69, 9.17) is 5.11 Å². The molecule has 0 bridgehead atoms. The van der Waals surface area contributed by atoms with Crippen LogP contribution in [0.25, 0.3) is 0 Å². The summed E-state index contributed by atoms with van der Waals surface area (Å²) in [5, 5.41) is 15.1. The number of carbonyl (C=O) groups is 1. The molecular weight excluding hydrogens is 228 g/mol. The second kappa shape index (κ2) is 8.48. The van der Waals surface area contributed by atoms with E-state index in [-0.39, 0.29) is 17.9 Å². The maximum absolute atomic E-state index is 12.2. The number of nitrogens with one attached hydrogen (secondary N) is 2. The van der Waals surface area contributed by atoms with Crippen molar-refractivity contribution in [2.45, 2.75) is 51.9 Å². The largest absolute Gasteiger partial charge is 0.396 e. The molecule has 0 aliphatic carbocycles. The van der Waals surface area contributed by atoms with Gasteiger partial charge in [0.25, 0.3) is 0 Å². The van der Waals surface area contributed by atoms with Gasteiger partial charge in [-0.25, -0.2) is 0 Å². The molecule has 0 aromatic rings. The predicted octanol–water partition coefficient (Wildman–Crippen LogP) is 1.44. The van der Waals surface area contributed by atoms with Crippen molar-refractivity contribution in [1.82, 2.24) is 10.6 Å². The smallest absolute Gasteiger partial charge is 0.227 e. The highest BCUT2D eigenvalue weighted by atomic mass is 16.2. The number of aliphatic hydroxyl groups is 1. The fourth-order valence-corrected chi connectivity index (χ4v) is 2.60. The first-order valence-electron chi connectivity index (χ1n) is 7.35. The number of carbonyl (C=O) groups excluding carboxylic acids is 1. The molecule has 0 saturated carbocycles. The quantitative estimate of drug-likeness (QED) is 0.576. The molecule has 0 aromatic carbocycles. The van der Waals surface area contributed by atoms with Crippen LogP contribution in [0.4, 0.5) is 0 Å². The molecule has 0 aromatic heterocycles. The molecule has 1 aliphatic heterocycles. The zero-order chi connectivity index (χ0) is 13.3. The Morgan fingerprint density at radius 1 is 1.33 bits per heavy atom. The molecular formula is C14H28N2O2. The predicted molar refractivity (Wildman–Crippen MR) is 73.4 cm³/mol. The maximum Gasteiger partial charge on any atom is 0.227 e. The first kappa shape index (κ1) is 15.4. The van der Waals surface area contributed by atoms with E-state index in [2.05, 4.69) is 17.6 Å². The van der Waals surface area contributed by atoms with Gasteiger partial charge >= 0.3 is 0 Å². The van der Waals surface area contributed by atoms with Crippen molar-refractivity contribution in [3.05, 3.63) is 0 Å². The van der Waals surface area contributed by atoms with Gasteiger partial charge in [0.15, 0.2) is 0 Å². The molecule has 1 unspecified atom stereocenters. The second-order valence-corrected chi connectivity index (χ2v) is 5.31. The standard InChI is InChI=1S/C14H28N2O2/c1-2-14(8-7-9-15-12-14)13(18)16-10-5-3-4-6-11-17/h15,17H,2-12H2,1H3,(H,16,18). The Morgan fingerprint density at radius 2 is 2.11 bits per heavy atom. The summed E-state index contributed by atoms with van der Waals surface area (Å²) in [6.45, 7) is 5.01. The fourth-order valence-electron chi connectivity index (χ4n) is 2.60. The monoisotopic (exact) mass is 256 g/mol. The number of unbranched alkanes of at least 4 members (excludes halogenated alkanes) is 3. The van der Waals surface area contributed by atoms with Gasteiger partial charge in [0.05, 0.1) is 5.41 Å². The Balaban J connectivity index is 2.21. The molecule has 1 rings (SSSR count). The lowest BCUT2D eigenvalue weighted by atomic mass is 9.77. The van der Waals surface area contributed by atoms with Crippen molar-refractivity contribution < 1.29 is 9.90 Å². The molecule has 106 valence electrons. The Hall–Kier alpha value is -0.610. The van der Waals surface area contributed by atoms with Gasteiger partial charge in [-0.2, -0.15) is 0 Å². The topological polar surface area (TPSA) is 61.4 Å². The van der Waals surface area contributed by atoms with Gasteiger partial charge in [-0.15, -0.1) is 0 Å². The first-order valence-corrected chi connectivity index (χ1v) is 7.35. The van der Waals surface area contributed by atoms with Crippen LogP contribution in [0.1, 0.15) is 51.9 Å². The number of hydrogen-bond acceptors (Lipinski definition) is 3. The number of amides is 1. The average Bonchev–Trinajstić information content (AvgIpc) is 2.43. The first-order chi connectivity index (χ1) is 8.75. The molecule has 1 amide bonds. The van der Waals surface area contributed by atoms with E-state index in [1.165, 1.54) is 0 Å². The molecule has 1 atom stereocenters. The number of aliphatic hydroxyl groups excluding tert-OH is 1. The van der Waals surface area contributed by atoms with Gasteiger partial charge in [0.1, 0.15) is 0 Å². The molecule has 0 spiro atoms. The van der Waals surface area contributed by atoms with Gasteiger partial charge in [-0.05, 0) is 38.6 Å². The van der Waals surface area contributed by atoms with Crippen LogP contribution in [-0.2, 0) is 4.79 Å². The average molecular weight is 256 g/mol. The normalized spacial score (nSPS) is 23.9. The van der Waals surface area contributed by atoms with E-state index in [9.17, 15) is 4.79 Å².